The molecule has 3 N–H and O–H groups in total. The van der Waals surface area contributed by atoms with Gasteiger partial charge in [-0.05, 0) is 32.1 Å². The van der Waals surface area contributed by atoms with E-state index in [2.05, 4.69) is 5.32 Å². The number of hydrogen-bond donors (Lipinski definition) is 3. The molecule has 0 heterocycles. The van der Waals surface area contributed by atoms with Gasteiger partial charge in [-0.2, -0.15) is 0 Å². The van der Waals surface area contributed by atoms with Crippen molar-refractivity contribution < 1.29 is 15.0 Å². The first-order valence-corrected chi connectivity index (χ1v) is 7.20. The average molecular weight is 255 g/mol. The minimum absolute atomic E-state index is 0.0559. The van der Waals surface area contributed by atoms with Gasteiger partial charge in [-0.25, -0.2) is 0 Å². The van der Waals surface area contributed by atoms with Crippen LogP contribution in [0.5, 0.6) is 0 Å². The lowest BCUT2D eigenvalue weighted by atomic mass is 9.74. The van der Waals surface area contributed by atoms with Gasteiger partial charge in [-0.1, -0.05) is 26.2 Å². The lowest BCUT2D eigenvalue weighted by molar-refractivity contribution is -0.135. The minimum atomic E-state index is -0.810. The lowest BCUT2D eigenvalue weighted by Gasteiger charge is -2.37. The van der Waals surface area contributed by atoms with Gasteiger partial charge in [-0.3, -0.25) is 4.79 Å². The molecule has 0 aliphatic heterocycles. The second-order valence-electron chi connectivity index (χ2n) is 6.19. The predicted molar refractivity (Wildman–Crippen MR) is 69.0 cm³/mol. The van der Waals surface area contributed by atoms with Gasteiger partial charge in [0.25, 0.3) is 0 Å². The van der Waals surface area contributed by atoms with Crippen molar-refractivity contribution in [1.82, 2.24) is 5.32 Å². The van der Waals surface area contributed by atoms with Crippen molar-refractivity contribution in [2.75, 3.05) is 0 Å². The van der Waals surface area contributed by atoms with Crippen LogP contribution in [0.25, 0.3) is 0 Å². The van der Waals surface area contributed by atoms with Crippen LogP contribution in [0.3, 0.4) is 0 Å². The minimum Gasteiger partial charge on any atom is -0.390 e. The zero-order chi connectivity index (χ0) is 13.2. The Morgan fingerprint density at radius 2 is 1.78 bits per heavy atom. The highest BCUT2D eigenvalue weighted by atomic mass is 16.3. The topological polar surface area (TPSA) is 69.6 Å². The van der Waals surface area contributed by atoms with Crippen molar-refractivity contribution >= 4 is 5.91 Å². The second-order valence-corrected chi connectivity index (χ2v) is 6.19. The molecule has 2 aliphatic rings. The molecule has 2 fully saturated rings. The van der Waals surface area contributed by atoms with Crippen molar-refractivity contribution in [2.45, 2.75) is 76.5 Å². The summed E-state index contributed by atoms with van der Waals surface area (Å²) in [7, 11) is 0. The normalized spacial score (nSPS) is 36.1. The van der Waals surface area contributed by atoms with Crippen molar-refractivity contribution in [3.8, 4) is 0 Å². The third kappa shape index (κ3) is 2.86. The van der Waals surface area contributed by atoms with Gasteiger partial charge in [0.2, 0.25) is 5.91 Å². The van der Waals surface area contributed by atoms with E-state index in [-0.39, 0.29) is 17.4 Å². The summed E-state index contributed by atoms with van der Waals surface area (Å²) in [6.45, 7) is 2.02. The molecule has 18 heavy (non-hydrogen) atoms. The van der Waals surface area contributed by atoms with Crippen LogP contribution in [0.4, 0.5) is 0 Å². The first-order valence-electron chi connectivity index (χ1n) is 7.20. The second kappa shape index (κ2) is 5.57. The first-order chi connectivity index (χ1) is 8.53. The number of amides is 1. The Bertz CT molecular complexity index is 299. The Labute approximate surface area is 109 Å². The van der Waals surface area contributed by atoms with Crippen LogP contribution in [0.2, 0.25) is 0 Å². The van der Waals surface area contributed by atoms with Gasteiger partial charge >= 0.3 is 0 Å². The monoisotopic (exact) mass is 255 g/mol. The number of hydrogen-bond acceptors (Lipinski definition) is 3. The molecule has 0 aromatic rings. The van der Waals surface area contributed by atoms with Gasteiger partial charge in [0.15, 0.2) is 0 Å². The standard InChI is InChI=1S/C14H25NO3/c1-14(8-3-2-4-9-14)13(18)15-10-6-5-7-11(16)12(10)17/h10-12,16-17H,2-9H2,1H3,(H,15,18)/t10-,11-,12-/m1/s1. The molecule has 2 aliphatic carbocycles. The summed E-state index contributed by atoms with van der Waals surface area (Å²) in [6, 6.07) is -0.278. The maximum atomic E-state index is 12.3. The fourth-order valence-corrected chi connectivity index (χ4v) is 3.22. The lowest BCUT2D eigenvalue weighted by Crippen LogP contribution is -2.54. The van der Waals surface area contributed by atoms with Gasteiger partial charge in [-0.15, -0.1) is 0 Å². The molecule has 104 valence electrons. The highest BCUT2D eigenvalue weighted by Gasteiger charge is 2.38. The predicted octanol–water partition coefficient (Wildman–Crippen LogP) is 1.35. The summed E-state index contributed by atoms with van der Waals surface area (Å²) in [5, 5.41) is 22.5. The molecule has 0 radical (unpaired) electrons. The van der Waals surface area contributed by atoms with E-state index in [1.807, 2.05) is 6.92 Å². The molecule has 2 saturated carbocycles. The molecule has 4 heteroatoms. The molecule has 0 spiro atoms. The van der Waals surface area contributed by atoms with Gasteiger partial charge < -0.3 is 15.5 Å². The Balaban J connectivity index is 1.93. The van der Waals surface area contributed by atoms with Crippen LogP contribution >= 0.6 is 0 Å². The van der Waals surface area contributed by atoms with E-state index in [0.29, 0.717) is 6.42 Å². The first kappa shape index (κ1) is 13.8. The zero-order valence-electron chi connectivity index (χ0n) is 11.2. The summed E-state index contributed by atoms with van der Waals surface area (Å²) in [5.41, 5.74) is -0.277. The molecular weight excluding hydrogens is 230 g/mol. The van der Waals surface area contributed by atoms with E-state index in [4.69, 9.17) is 0 Å². The summed E-state index contributed by atoms with van der Waals surface area (Å²) < 4.78 is 0. The SMILES string of the molecule is CC1(C(=O)N[C@@H]2CCC[C@@H](O)[C@@H]2O)CCCCC1. The van der Waals surface area contributed by atoms with E-state index in [1.54, 1.807) is 0 Å². The molecule has 0 aromatic carbocycles. The molecular formula is C14H25NO3. The summed E-state index contributed by atoms with van der Waals surface area (Å²) in [5.74, 6) is 0.0559. The largest absolute Gasteiger partial charge is 0.390 e. The number of aliphatic hydroxyl groups is 2. The van der Waals surface area contributed by atoms with Crippen LogP contribution in [-0.2, 0) is 4.79 Å². The third-order valence-electron chi connectivity index (χ3n) is 4.64. The Hall–Kier alpha value is -0.610. The number of rotatable bonds is 2. The number of aliphatic hydroxyl groups excluding tert-OH is 2. The smallest absolute Gasteiger partial charge is 0.226 e. The van der Waals surface area contributed by atoms with Gasteiger partial charge in [0.05, 0.1) is 18.2 Å². The molecule has 0 unspecified atom stereocenters. The maximum absolute atomic E-state index is 12.3. The third-order valence-corrected chi connectivity index (χ3v) is 4.64. The number of nitrogens with one attached hydrogen (secondary N) is 1. The highest BCUT2D eigenvalue weighted by Crippen LogP contribution is 2.36. The summed E-state index contributed by atoms with van der Waals surface area (Å²) >= 11 is 0. The van der Waals surface area contributed by atoms with E-state index in [9.17, 15) is 15.0 Å². The van der Waals surface area contributed by atoms with Crippen molar-refractivity contribution in [3.63, 3.8) is 0 Å². The highest BCUT2D eigenvalue weighted by molar-refractivity contribution is 5.82. The average Bonchev–Trinajstić information content (AvgIpc) is 2.36. The summed E-state index contributed by atoms with van der Waals surface area (Å²) in [6.07, 6.45) is 6.06. The Morgan fingerprint density at radius 3 is 2.44 bits per heavy atom. The van der Waals surface area contributed by atoms with Crippen molar-refractivity contribution in [1.29, 1.82) is 0 Å². The summed E-state index contributed by atoms with van der Waals surface area (Å²) in [4.78, 5) is 12.3. The molecule has 4 nitrogen and oxygen atoms in total. The van der Waals surface area contributed by atoms with Crippen molar-refractivity contribution in [3.05, 3.63) is 0 Å². The van der Waals surface area contributed by atoms with E-state index < -0.39 is 12.2 Å². The fourth-order valence-electron chi connectivity index (χ4n) is 3.22. The maximum Gasteiger partial charge on any atom is 0.226 e. The van der Waals surface area contributed by atoms with Crippen molar-refractivity contribution in [2.24, 2.45) is 5.41 Å². The number of carbonyl (C=O) groups excluding carboxylic acids is 1. The fraction of sp³-hybridized carbons (Fsp3) is 0.929. The molecule has 0 aromatic heterocycles. The molecule has 3 atom stereocenters. The van der Waals surface area contributed by atoms with Crippen LogP contribution in [0, 0.1) is 5.41 Å². The molecule has 1 amide bonds. The molecule has 2 rings (SSSR count). The molecule has 0 bridgehead atoms. The Morgan fingerprint density at radius 1 is 1.11 bits per heavy atom. The van der Waals surface area contributed by atoms with E-state index in [0.717, 1.165) is 38.5 Å². The Kier molecular flexibility index (Phi) is 4.28. The van der Waals surface area contributed by atoms with E-state index in [1.165, 1.54) is 6.42 Å². The van der Waals surface area contributed by atoms with E-state index >= 15 is 0 Å². The van der Waals surface area contributed by atoms with Gasteiger partial charge in [0, 0.05) is 5.41 Å². The number of carbonyl (C=O) groups is 1. The zero-order valence-corrected chi connectivity index (χ0v) is 11.2. The molecule has 0 saturated heterocycles. The van der Waals surface area contributed by atoms with Crippen LogP contribution < -0.4 is 5.32 Å². The van der Waals surface area contributed by atoms with Crippen LogP contribution in [0.15, 0.2) is 0 Å². The van der Waals surface area contributed by atoms with Gasteiger partial charge in [0.1, 0.15) is 0 Å². The quantitative estimate of drug-likeness (QED) is 0.697. The van der Waals surface area contributed by atoms with Crippen LogP contribution in [-0.4, -0.2) is 34.4 Å². The van der Waals surface area contributed by atoms with Crippen LogP contribution in [0.1, 0.15) is 58.3 Å².